The van der Waals surface area contributed by atoms with Crippen LogP contribution < -0.4 is 5.32 Å². The molecule has 4 nitrogen and oxygen atoms in total. The number of hydrogen-bond acceptors (Lipinski definition) is 3. The van der Waals surface area contributed by atoms with Crippen molar-refractivity contribution in [2.75, 3.05) is 12.4 Å². The molecule has 64 valence electrons. The van der Waals surface area contributed by atoms with E-state index in [1.165, 1.54) is 12.1 Å². The summed E-state index contributed by atoms with van der Waals surface area (Å²) in [6, 6.07) is 4.56. The molecule has 1 rings (SSSR count). The quantitative estimate of drug-likeness (QED) is 0.570. The van der Waals surface area contributed by atoms with Crippen molar-refractivity contribution in [3.63, 3.8) is 0 Å². The average Bonchev–Trinajstić information content (AvgIpc) is 2.05. The van der Waals surface area contributed by atoms with Crippen molar-refractivity contribution in [1.82, 2.24) is 0 Å². The highest BCUT2D eigenvalue weighted by Crippen LogP contribution is 2.26. The first kappa shape index (κ1) is 8.80. The number of hydrogen-bond donors (Lipinski definition) is 1. The van der Waals surface area contributed by atoms with E-state index < -0.39 is 4.92 Å². The Bertz CT molecular complexity index is 314. The predicted molar refractivity (Wildman–Crippen MR) is 47.7 cm³/mol. The molecule has 0 aliphatic heterocycles. The lowest BCUT2D eigenvalue weighted by Crippen LogP contribution is -1.92. The standard InChI is InChI=1S/C7H7ClN2O2/c1-9-5-2-3-6(8)7(4-5)10(11)12/h2-4,9H,1H3. The van der Waals surface area contributed by atoms with Crippen LogP contribution in [0.4, 0.5) is 11.4 Å². The highest BCUT2D eigenvalue weighted by atomic mass is 35.5. The minimum Gasteiger partial charge on any atom is -0.388 e. The van der Waals surface area contributed by atoms with Gasteiger partial charge < -0.3 is 5.32 Å². The predicted octanol–water partition coefficient (Wildman–Crippen LogP) is 2.29. The normalized spacial score (nSPS) is 9.50. The molecule has 1 N–H and O–H groups in total. The van der Waals surface area contributed by atoms with E-state index in [1.54, 1.807) is 13.1 Å². The summed E-state index contributed by atoms with van der Waals surface area (Å²) in [5, 5.41) is 13.3. The molecule has 0 bridgehead atoms. The fourth-order valence-electron chi connectivity index (χ4n) is 0.808. The molecule has 0 unspecified atom stereocenters. The van der Waals surface area contributed by atoms with Crippen LogP contribution in [0, 0.1) is 10.1 Å². The maximum absolute atomic E-state index is 10.4. The lowest BCUT2D eigenvalue weighted by atomic mass is 10.3. The van der Waals surface area contributed by atoms with Crippen LogP contribution in [0.1, 0.15) is 0 Å². The Labute approximate surface area is 74.3 Å². The molecule has 0 spiro atoms. The third-order valence-electron chi connectivity index (χ3n) is 1.43. The molecule has 12 heavy (non-hydrogen) atoms. The second-order valence-corrected chi connectivity index (χ2v) is 2.58. The highest BCUT2D eigenvalue weighted by molar-refractivity contribution is 6.32. The molecule has 1 aromatic rings. The lowest BCUT2D eigenvalue weighted by molar-refractivity contribution is -0.384. The number of nitrogens with zero attached hydrogens (tertiary/aromatic N) is 1. The van der Waals surface area contributed by atoms with E-state index in [9.17, 15) is 10.1 Å². The van der Waals surface area contributed by atoms with Crippen LogP contribution in [0.3, 0.4) is 0 Å². The van der Waals surface area contributed by atoms with Gasteiger partial charge in [-0.25, -0.2) is 0 Å². The smallest absolute Gasteiger partial charge is 0.289 e. The SMILES string of the molecule is CNc1ccc(Cl)c([N+](=O)[O-])c1. The first-order chi connectivity index (χ1) is 5.65. The maximum Gasteiger partial charge on any atom is 0.289 e. The van der Waals surface area contributed by atoms with Gasteiger partial charge in [-0.05, 0) is 12.1 Å². The molecule has 0 radical (unpaired) electrons. The van der Waals surface area contributed by atoms with Crippen LogP contribution in [0.25, 0.3) is 0 Å². The number of halogens is 1. The summed E-state index contributed by atoms with van der Waals surface area (Å²) in [5.41, 5.74) is 0.592. The minimum absolute atomic E-state index is 0.0801. The second-order valence-electron chi connectivity index (χ2n) is 2.17. The monoisotopic (exact) mass is 186 g/mol. The summed E-state index contributed by atoms with van der Waals surface area (Å²) in [5.74, 6) is 0. The number of nitro groups is 1. The molecule has 1 aromatic carbocycles. The van der Waals surface area contributed by atoms with Crippen LogP contribution in [0.2, 0.25) is 5.02 Å². The van der Waals surface area contributed by atoms with Crippen LogP contribution in [0.15, 0.2) is 18.2 Å². The molecule has 5 heteroatoms. The number of nitrogens with one attached hydrogen (secondary N) is 1. The minimum atomic E-state index is -0.511. The summed E-state index contributed by atoms with van der Waals surface area (Å²) in [6.07, 6.45) is 0. The van der Waals surface area contributed by atoms with Crippen molar-refractivity contribution >= 4 is 23.0 Å². The van der Waals surface area contributed by atoms with E-state index in [0.29, 0.717) is 5.69 Å². The average molecular weight is 187 g/mol. The van der Waals surface area contributed by atoms with E-state index in [-0.39, 0.29) is 10.7 Å². The molecular formula is C7H7ClN2O2. The van der Waals surface area contributed by atoms with Crippen molar-refractivity contribution in [3.8, 4) is 0 Å². The molecule has 0 heterocycles. The number of rotatable bonds is 2. The third-order valence-corrected chi connectivity index (χ3v) is 1.75. The zero-order valence-electron chi connectivity index (χ0n) is 6.37. The first-order valence-corrected chi connectivity index (χ1v) is 3.64. The fraction of sp³-hybridized carbons (Fsp3) is 0.143. The van der Waals surface area contributed by atoms with Gasteiger partial charge in [-0.15, -0.1) is 0 Å². The van der Waals surface area contributed by atoms with E-state index >= 15 is 0 Å². The highest BCUT2D eigenvalue weighted by Gasteiger charge is 2.11. The summed E-state index contributed by atoms with van der Waals surface area (Å²) in [4.78, 5) is 9.87. The molecule has 0 aliphatic carbocycles. The molecule has 0 saturated carbocycles. The van der Waals surface area contributed by atoms with Crippen molar-refractivity contribution in [3.05, 3.63) is 33.3 Å². The van der Waals surface area contributed by atoms with Gasteiger partial charge in [-0.2, -0.15) is 0 Å². The Balaban J connectivity index is 3.17. The zero-order valence-corrected chi connectivity index (χ0v) is 7.13. The lowest BCUT2D eigenvalue weighted by Gasteiger charge is -1.99. The first-order valence-electron chi connectivity index (χ1n) is 3.27. The van der Waals surface area contributed by atoms with E-state index in [4.69, 9.17) is 11.6 Å². The van der Waals surface area contributed by atoms with Crippen molar-refractivity contribution < 1.29 is 4.92 Å². The van der Waals surface area contributed by atoms with Crippen molar-refractivity contribution in [2.24, 2.45) is 0 Å². The number of nitro benzene ring substituents is 1. The zero-order chi connectivity index (χ0) is 9.14. The van der Waals surface area contributed by atoms with E-state index in [0.717, 1.165) is 0 Å². The van der Waals surface area contributed by atoms with Crippen molar-refractivity contribution in [2.45, 2.75) is 0 Å². The Hall–Kier alpha value is -1.29. The maximum atomic E-state index is 10.4. The fourth-order valence-corrected chi connectivity index (χ4v) is 0.995. The van der Waals surface area contributed by atoms with Gasteiger partial charge in [0.25, 0.3) is 5.69 Å². The van der Waals surface area contributed by atoms with Gasteiger partial charge in [0.15, 0.2) is 0 Å². The van der Waals surface area contributed by atoms with Crippen LogP contribution in [0.5, 0.6) is 0 Å². The molecule has 0 amide bonds. The third kappa shape index (κ3) is 1.65. The molecule has 0 atom stereocenters. The van der Waals surface area contributed by atoms with Crippen molar-refractivity contribution in [1.29, 1.82) is 0 Å². The summed E-state index contributed by atoms with van der Waals surface area (Å²) < 4.78 is 0. The molecule has 0 aliphatic rings. The van der Waals surface area contributed by atoms with Crippen LogP contribution >= 0.6 is 11.6 Å². The van der Waals surface area contributed by atoms with Gasteiger partial charge in [-0.1, -0.05) is 11.6 Å². The Kier molecular flexibility index (Phi) is 2.50. The van der Waals surface area contributed by atoms with Gasteiger partial charge in [0.1, 0.15) is 5.02 Å². The molecule has 0 fully saturated rings. The molecular weight excluding hydrogens is 180 g/mol. The van der Waals surface area contributed by atoms with Gasteiger partial charge >= 0.3 is 0 Å². The second kappa shape index (κ2) is 3.40. The van der Waals surface area contributed by atoms with Gasteiger partial charge in [0, 0.05) is 18.8 Å². The van der Waals surface area contributed by atoms with Crippen LogP contribution in [-0.4, -0.2) is 12.0 Å². The Morgan fingerprint density at radius 2 is 2.25 bits per heavy atom. The summed E-state index contributed by atoms with van der Waals surface area (Å²) in [6.45, 7) is 0. The Morgan fingerprint density at radius 3 is 2.75 bits per heavy atom. The van der Waals surface area contributed by atoms with Gasteiger partial charge in [0.2, 0.25) is 0 Å². The summed E-state index contributed by atoms with van der Waals surface area (Å²) in [7, 11) is 1.69. The molecule has 0 saturated heterocycles. The van der Waals surface area contributed by atoms with E-state index in [1.807, 2.05) is 0 Å². The topological polar surface area (TPSA) is 55.2 Å². The van der Waals surface area contributed by atoms with Gasteiger partial charge in [-0.3, -0.25) is 10.1 Å². The largest absolute Gasteiger partial charge is 0.388 e. The molecule has 0 aromatic heterocycles. The van der Waals surface area contributed by atoms with Crippen LogP contribution in [-0.2, 0) is 0 Å². The Morgan fingerprint density at radius 1 is 1.58 bits per heavy atom. The number of anilines is 1. The van der Waals surface area contributed by atoms with E-state index in [2.05, 4.69) is 5.32 Å². The summed E-state index contributed by atoms with van der Waals surface area (Å²) >= 11 is 5.58. The number of benzene rings is 1. The van der Waals surface area contributed by atoms with Gasteiger partial charge in [0.05, 0.1) is 4.92 Å².